The number of nitrogens with one attached hydrogen (secondary N) is 1. The lowest BCUT2D eigenvalue weighted by molar-refractivity contribution is 0.220. The van der Waals surface area contributed by atoms with Gasteiger partial charge in [0.05, 0.1) is 12.2 Å². The van der Waals surface area contributed by atoms with Gasteiger partial charge in [0.1, 0.15) is 23.4 Å². The summed E-state index contributed by atoms with van der Waals surface area (Å²) in [7, 11) is 1.76. The van der Waals surface area contributed by atoms with Crippen molar-refractivity contribution in [2.45, 2.75) is 13.0 Å². The minimum Gasteiger partial charge on any atom is -0.506 e. The Labute approximate surface area is 188 Å². The van der Waals surface area contributed by atoms with Crippen LogP contribution >= 0.6 is 24.0 Å². The van der Waals surface area contributed by atoms with Gasteiger partial charge in [0.15, 0.2) is 5.96 Å². The molecule has 0 aromatic heterocycles. The normalized spacial score (nSPS) is 15.5. The van der Waals surface area contributed by atoms with E-state index in [9.17, 15) is 9.50 Å². The zero-order valence-electron chi connectivity index (χ0n) is 16.7. The first-order valence-electron chi connectivity index (χ1n) is 9.47. The molecular formula is C21H28FIN4O2. The molecule has 6 nitrogen and oxygen atoms in total. The Morgan fingerprint density at radius 1 is 1.17 bits per heavy atom. The minimum atomic E-state index is -0.309. The van der Waals surface area contributed by atoms with Crippen LogP contribution in [0.25, 0.3) is 0 Å². The average molecular weight is 514 g/mol. The summed E-state index contributed by atoms with van der Waals surface area (Å²) in [5.41, 5.74) is 0.863. The summed E-state index contributed by atoms with van der Waals surface area (Å²) in [6, 6.07) is 13.6. The fraction of sp³-hybridized carbons (Fsp3) is 0.381. The maximum Gasteiger partial charge on any atom is 0.193 e. The van der Waals surface area contributed by atoms with Gasteiger partial charge in [-0.05, 0) is 31.2 Å². The number of guanidine groups is 1. The second-order valence-electron chi connectivity index (χ2n) is 6.78. The SMILES string of the molecule is CN=C(NCC(C)Oc1cccc(F)c1)N1CCN(c2ccccc2O)CC1.I. The standard InChI is InChI=1S/C21H27FN4O2.HI/c1-16(28-18-7-5-6-17(22)14-18)15-24-21(23-2)26-12-10-25(11-13-26)19-8-3-4-9-20(19)27;/h3-9,14,16,27H,10-13,15H2,1-2H3,(H,23,24);1H. The minimum absolute atomic E-state index is 0. The Kier molecular flexibility index (Phi) is 8.81. The quantitative estimate of drug-likeness (QED) is 0.365. The van der Waals surface area contributed by atoms with Gasteiger partial charge in [0, 0.05) is 39.3 Å². The lowest BCUT2D eigenvalue weighted by Gasteiger charge is -2.38. The van der Waals surface area contributed by atoms with E-state index in [4.69, 9.17) is 4.74 Å². The molecule has 1 saturated heterocycles. The Morgan fingerprint density at radius 2 is 1.90 bits per heavy atom. The van der Waals surface area contributed by atoms with E-state index >= 15 is 0 Å². The lowest BCUT2D eigenvalue weighted by Crippen LogP contribution is -2.53. The third kappa shape index (κ3) is 6.38. The number of para-hydroxylation sites is 2. The first-order chi connectivity index (χ1) is 13.6. The number of hydrogen-bond donors (Lipinski definition) is 2. The predicted molar refractivity (Wildman–Crippen MR) is 125 cm³/mol. The van der Waals surface area contributed by atoms with Crippen LogP contribution in [-0.2, 0) is 0 Å². The van der Waals surface area contributed by atoms with E-state index in [-0.39, 0.29) is 35.9 Å². The van der Waals surface area contributed by atoms with Crippen molar-refractivity contribution >= 4 is 35.6 Å². The first kappa shape index (κ1) is 23.1. The van der Waals surface area contributed by atoms with Gasteiger partial charge in [-0.2, -0.15) is 0 Å². The monoisotopic (exact) mass is 514 g/mol. The summed E-state index contributed by atoms with van der Waals surface area (Å²) in [6.45, 7) is 5.69. The van der Waals surface area contributed by atoms with Gasteiger partial charge in [0.25, 0.3) is 0 Å². The molecule has 1 atom stereocenters. The molecule has 0 radical (unpaired) electrons. The number of anilines is 1. The van der Waals surface area contributed by atoms with E-state index < -0.39 is 0 Å². The van der Waals surface area contributed by atoms with Crippen LogP contribution in [-0.4, -0.2) is 61.8 Å². The van der Waals surface area contributed by atoms with Crippen molar-refractivity contribution in [3.05, 3.63) is 54.3 Å². The van der Waals surface area contributed by atoms with Gasteiger partial charge in [-0.15, -0.1) is 24.0 Å². The van der Waals surface area contributed by atoms with Crippen LogP contribution in [0.4, 0.5) is 10.1 Å². The second kappa shape index (κ2) is 11.1. The molecule has 0 amide bonds. The smallest absolute Gasteiger partial charge is 0.193 e. The zero-order valence-corrected chi connectivity index (χ0v) is 19.0. The maximum atomic E-state index is 13.3. The number of halogens is 2. The highest BCUT2D eigenvalue weighted by Gasteiger charge is 2.21. The Hall–Kier alpha value is -2.23. The summed E-state index contributed by atoms with van der Waals surface area (Å²) in [6.07, 6.45) is -0.138. The fourth-order valence-electron chi connectivity index (χ4n) is 3.27. The molecule has 1 aliphatic heterocycles. The topological polar surface area (TPSA) is 60.3 Å². The molecule has 158 valence electrons. The number of phenols is 1. The van der Waals surface area contributed by atoms with Gasteiger partial charge in [-0.25, -0.2) is 4.39 Å². The van der Waals surface area contributed by atoms with Gasteiger partial charge in [-0.1, -0.05) is 18.2 Å². The van der Waals surface area contributed by atoms with Crippen molar-refractivity contribution in [3.63, 3.8) is 0 Å². The predicted octanol–water partition coefficient (Wildman–Crippen LogP) is 3.31. The molecule has 1 aliphatic rings. The number of piperazine rings is 1. The van der Waals surface area contributed by atoms with E-state index in [1.54, 1.807) is 25.2 Å². The molecule has 2 N–H and O–H groups in total. The number of rotatable bonds is 5. The molecule has 1 heterocycles. The van der Waals surface area contributed by atoms with Gasteiger partial charge >= 0.3 is 0 Å². The average Bonchev–Trinajstić information content (AvgIpc) is 2.69. The highest BCUT2D eigenvalue weighted by molar-refractivity contribution is 14.0. The van der Waals surface area contributed by atoms with Gasteiger partial charge < -0.3 is 25.0 Å². The number of phenolic OH excluding ortho intramolecular Hbond substituents is 1. The fourth-order valence-corrected chi connectivity index (χ4v) is 3.27. The van der Waals surface area contributed by atoms with Crippen LogP contribution < -0.4 is 15.0 Å². The molecule has 0 spiro atoms. The van der Waals surface area contributed by atoms with Crippen molar-refractivity contribution in [1.82, 2.24) is 10.2 Å². The molecule has 2 aromatic rings. The zero-order chi connectivity index (χ0) is 19.9. The van der Waals surface area contributed by atoms with Crippen LogP contribution in [0, 0.1) is 5.82 Å². The Morgan fingerprint density at radius 3 is 2.55 bits per heavy atom. The van der Waals surface area contributed by atoms with E-state index in [1.807, 2.05) is 25.1 Å². The molecule has 29 heavy (non-hydrogen) atoms. The summed E-state index contributed by atoms with van der Waals surface area (Å²) in [5.74, 6) is 1.32. The molecule has 1 fully saturated rings. The Balaban J connectivity index is 0.00000300. The molecule has 2 aromatic carbocycles. The van der Waals surface area contributed by atoms with Crippen molar-refractivity contribution in [2.75, 3.05) is 44.7 Å². The highest BCUT2D eigenvalue weighted by atomic mass is 127. The summed E-state index contributed by atoms with van der Waals surface area (Å²) in [5, 5.41) is 13.4. The number of aromatic hydroxyl groups is 1. The van der Waals surface area contributed by atoms with E-state index in [2.05, 4.69) is 20.1 Å². The van der Waals surface area contributed by atoms with Gasteiger partial charge in [-0.3, -0.25) is 4.99 Å². The molecular weight excluding hydrogens is 486 g/mol. The summed E-state index contributed by atoms with van der Waals surface area (Å²) < 4.78 is 19.0. The molecule has 8 heteroatoms. The number of nitrogens with zero attached hydrogens (tertiary/aromatic N) is 3. The maximum absolute atomic E-state index is 13.3. The second-order valence-corrected chi connectivity index (χ2v) is 6.78. The van der Waals surface area contributed by atoms with Crippen LogP contribution in [0.5, 0.6) is 11.5 Å². The largest absolute Gasteiger partial charge is 0.506 e. The summed E-state index contributed by atoms with van der Waals surface area (Å²) >= 11 is 0. The molecule has 3 rings (SSSR count). The molecule has 0 bridgehead atoms. The van der Waals surface area contributed by atoms with Gasteiger partial charge in [0.2, 0.25) is 0 Å². The Bertz CT molecular complexity index is 813. The first-order valence-corrected chi connectivity index (χ1v) is 9.47. The lowest BCUT2D eigenvalue weighted by atomic mass is 10.2. The van der Waals surface area contributed by atoms with Crippen LogP contribution in [0.15, 0.2) is 53.5 Å². The third-order valence-corrected chi connectivity index (χ3v) is 4.69. The number of aliphatic imine (C=N–C) groups is 1. The van der Waals surface area contributed by atoms with Crippen LogP contribution in [0.2, 0.25) is 0 Å². The van der Waals surface area contributed by atoms with E-state index in [0.29, 0.717) is 18.0 Å². The summed E-state index contributed by atoms with van der Waals surface area (Å²) in [4.78, 5) is 8.73. The van der Waals surface area contributed by atoms with E-state index in [1.165, 1.54) is 12.1 Å². The number of hydrogen-bond acceptors (Lipinski definition) is 4. The number of benzene rings is 2. The van der Waals surface area contributed by atoms with Crippen LogP contribution in [0.1, 0.15) is 6.92 Å². The third-order valence-electron chi connectivity index (χ3n) is 4.69. The molecule has 0 aliphatic carbocycles. The van der Waals surface area contributed by atoms with E-state index in [0.717, 1.165) is 37.8 Å². The van der Waals surface area contributed by atoms with Crippen molar-refractivity contribution < 1.29 is 14.2 Å². The highest BCUT2D eigenvalue weighted by Crippen LogP contribution is 2.27. The van der Waals surface area contributed by atoms with Crippen molar-refractivity contribution in [3.8, 4) is 11.5 Å². The molecule has 1 unspecified atom stereocenters. The molecule has 0 saturated carbocycles. The van der Waals surface area contributed by atoms with Crippen molar-refractivity contribution in [2.24, 2.45) is 4.99 Å². The van der Waals surface area contributed by atoms with Crippen LogP contribution in [0.3, 0.4) is 0 Å². The number of ether oxygens (including phenoxy) is 1. The van der Waals surface area contributed by atoms with Crippen molar-refractivity contribution in [1.29, 1.82) is 0 Å².